The van der Waals surface area contributed by atoms with Crippen LogP contribution in [0.5, 0.6) is 11.5 Å². The summed E-state index contributed by atoms with van der Waals surface area (Å²) in [5, 5.41) is 0. The molecule has 0 radical (unpaired) electrons. The van der Waals surface area contributed by atoms with Crippen molar-refractivity contribution < 1.29 is 9.47 Å². The summed E-state index contributed by atoms with van der Waals surface area (Å²) in [6, 6.07) is 14.1. The van der Waals surface area contributed by atoms with Crippen LogP contribution in [0.15, 0.2) is 42.5 Å². The third-order valence-corrected chi connectivity index (χ3v) is 3.69. The van der Waals surface area contributed by atoms with Crippen LogP contribution >= 0.6 is 0 Å². The molecule has 1 heterocycles. The second-order valence-electron chi connectivity index (χ2n) is 5.33. The predicted molar refractivity (Wildman–Crippen MR) is 87.7 cm³/mol. The lowest BCUT2D eigenvalue weighted by molar-refractivity contribution is 0.296. The van der Waals surface area contributed by atoms with Crippen LogP contribution in [-0.4, -0.2) is 23.3 Å². The highest BCUT2D eigenvalue weighted by atomic mass is 16.5. The Balaban J connectivity index is 1.72. The third-order valence-electron chi connectivity index (χ3n) is 3.69. The zero-order chi connectivity index (χ0) is 15.5. The number of aromatic nitrogens is 2. The zero-order valence-corrected chi connectivity index (χ0v) is 13.2. The highest BCUT2D eigenvalue weighted by Crippen LogP contribution is 2.22. The van der Waals surface area contributed by atoms with Crippen LogP contribution in [-0.2, 0) is 6.54 Å². The van der Waals surface area contributed by atoms with Gasteiger partial charge >= 0.3 is 0 Å². The van der Waals surface area contributed by atoms with Gasteiger partial charge in [0.1, 0.15) is 23.9 Å². The van der Waals surface area contributed by atoms with Gasteiger partial charge in [0.25, 0.3) is 0 Å². The number of hydrogen-bond donors (Lipinski definition) is 0. The fraction of sp³-hybridized carbons (Fsp3) is 0.278. The number of hydrogen-bond acceptors (Lipinski definition) is 3. The van der Waals surface area contributed by atoms with Crippen LogP contribution in [0.25, 0.3) is 11.0 Å². The van der Waals surface area contributed by atoms with Crippen LogP contribution < -0.4 is 9.47 Å². The van der Waals surface area contributed by atoms with Crippen molar-refractivity contribution in [3.63, 3.8) is 0 Å². The van der Waals surface area contributed by atoms with Crippen LogP contribution in [0.2, 0.25) is 0 Å². The first-order valence-corrected chi connectivity index (χ1v) is 7.38. The standard InChI is InChI=1S/C18H20N2O2/c1-13-10-15(21-3)12-16(11-13)22-9-8-20-14(2)19-17-6-4-5-7-18(17)20/h4-7,10-12H,8-9H2,1-3H3. The molecule has 0 atom stereocenters. The quantitative estimate of drug-likeness (QED) is 0.719. The normalized spacial score (nSPS) is 10.9. The van der Waals surface area contributed by atoms with Crippen molar-refractivity contribution in [2.24, 2.45) is 0 Å². The summed E-state index contributed by atoms with van der Waals surface area (Å²) in [5.74, 6) is 2.66. The summed E-state index contributed by atoms with van der Waals surface area (Å²) >= 11 is 0. The largest absolute Gasteiger partial charge is 0.497 e. The second-order valence-corrected chi connectivity index (χ2v) is 5.33. The lowest BCUT2D eigenvalue weighted by Gasteiger charge is -2.11. The lowest BCUT2D eigenvalue weighted by Crippen LogP contribution is -2.09. The van der Waals surface area contributed by atoms with Crippen LogP contribution in [0, 0.1) is 13.8 Å². The molecule has 2 aromatic carbocycles. The van der Waals surface area contributed by atoms with Crippen molar-refractivity contribution in [3.05, 3.63) is 53.9 Å². The average molecular weight is 296 g/mol. The maximum Gasteiger partial charge on any atom is 0.123 e. The maximum absolute atomic E-state index is 5.88. The number of imidazole rings is 1. The first kappa shape index (κ1) is 14.4. The van der Waals surface area contributed by atoms with Crippen LogP contribution in [0.1, 0.15) is 11.4 Å². The van der Waals surface area contributed by atoms with Gasteiger partial charge in [0, 0.05) is 6.07 Å². The Labute approximate surface area is 130 Å². The SMILES string of the molecule is COc1cc(C)cc(OCCn2c(C)nc3ccccc32)c1. The molecule has 114 valence electrons. The maximum atomic E-state index is 5.88. The van der Waals surface area contributed by atoms with Gasteiger partial charge < -0.3 is 14.0 Å². The number of aryl methyl sites for hydroxylation is 2. The highest BCUT2D eigenvalue weighted by Gasteiger charge is 2.07. The van der Waals surface area contributed by atoms with Gasteiger partial charge in [0.2, 0.25) is 0 Å². The van der Waals surface area contributed by atoms with E-state index in [1.54, 1.807) is 7.11 Å². The minimum atomic E-state index is 0.591. The van der Waals surface area contributed by atoms with Crippen molar-refractivity contribution in [2.45, 2.75) is 20.4 Å². The van der Waals surface area contributed by atoms with E-state index >= 15 is 0 Å². The summed E-state index contributed by atoms with van der Waals surface area (Å²) in [6.45, 7) is 5.41. The molecule has 4 nitrogen and oxygen atoms in total. The Morgan fingerprint density at radius 1 is 1.05 bits per heavy atom. The number of para-hydroxylation sites is 2. The molecule has 0 aliphatic heterocycles. The molecular formula is C18H20N2O2. The topological polar surface area (TPSA) is 36.3 Å². The molecule has 0 N–H and O–H groups in total. The molecule has 4 heteroatoms. The van der Waals surface area contributed by atoms with Gasteiger partial charge in [-0.05, 0) is 43.7 Å². The molecule has 3 aromatic rings. The summed E-state index contributed by atoms with van der Waals surface area (Å²) in [6.07, 6.45) is 0. The molecule has 1 aromatic heterocycles. The summed E-state index contributed by atoms with van der Waals surface area (Å²) < 4.78 is 13.3. The van der Waals surface area contributed by atoms with E-state index in [-0.39, 0.29) is 0 Å². The summed E-state index contributed by atoms with van der Waals surface area (Å²) in [7, 11) is 1.67. The number of benzene rings is 2. The fourth-order valence-corrected chi connectivity index (χ4v) is 2.65. The van der Waals surface area contributed by atoms with Crippen molar-refractivity contribution in [2.75, 3.05) is 13.7 Å². The number of nitrogens with zero attached hydrogens (tertiary/aromatic N) is 2. The molecule has 0 fully saturated rings. The molecule has 0 spiro atoms. The highest BCUT2D eigenvalue weighted by molar-refractivity contribution is 5.75. The first-order chi connectivity index (χ1) is 10.7. The molecule has 3 rings (SSSR count). The van der Waals surface area contributed by atoms with Crippen molar-refractivity contribution >= 4 is 11.0 Å². The molecular weight excluding hydrogens is 276 g/mol. The van der Waals surface area contributed by atoms with Gasteiger partial charge in [0.05, 0.1) is 24.7 Å². The van der Waals surface area contributed by atoms with Gasteiger partial charge in [-0.2, -0.15) is 0 Å². The Hall–Kier alpha value is -2.49. The van der Waals surface area contributed by atoms with Gasteiger partial charge in [-0.1, -0.05) is 12.1 Å². The van der Waals surface area contributed by atoms with Crippen LogP contribution in [0.3, 0.4) is 0 Å². The molecule has 0 amide bonds. The molecule has 0 unspecified atom stereocenters. The Kier molecular flexibility index (Phi) is 4.00. The minimum Gasteiger partial charge on any atom is -0.497 e. The lowest BCUT2D eigenvalue weighted by atomic mass is 10.2. The monoisotopic (exact) mass is 296 g/mol. The Morgan fingerprint density at radius 3 is 2.64 bits per heavy atom. The summed E-state index contributed by atoms with van der Waals surface area (Å²) in [4.78, 5) is 4.57. The van der Waals surface area contributed by atoms with E-state index < -0.39 is 0 Å². The average Bonchev–Trinajstić information content (AvgIpc) is 2.83. The minimum absolute atomic E-state index is 0.591. The number of rotatable bonds is 5. The van der Waals surface area contributed by atoms with Gasteiger partial charge in [-0.25, -0.2) is 4.98 Å². The third kappa shape index (κ3) is 2.91. The predicted octanol–water partition coefficient (Wildman–Crippen LogP) is 3.74. The van der Waals surface area contributed by atoms with E-state index in [0.717, 1.165) is 40.5 Å². The second kappa shape index (κ2) is 6.10. The van der Waals surface area contributed by atoms with Gasteiger partial charge in [-0.15, -0.1) is 0 Å². The first-order valence-electron chi connectivity index (χ1n) is 7.38. The zero-order valence-electron chi connectivity index (χ0n) is 13.2. The number of fused-ring (bicyclic) bond motifs is 1. The molecule has 0 saturated carbocycles. The Bertz CT molecular complexity index is 793. The van der Waals surface area contributed by atoms with Crippen LogP contribution in [0.4, 0.5) is 0 Å². The molecule has 0 aliphatic carbocycles. The molecule has 0 aliphatic rings. The number of ether oxygens (including phenoxy) is 2. The van der Waals surface area contributed by atoms with Crippen molar-refractivity contribution in [1.82, 2.24) is 9.55 Å². The van der Waals surface area contributed by atoms with E-state index in [2.05, 4.69) is 15.6 Å². The van der Waals surface area contributed by atoms with Gasteiger partial charge in [-0.3, -0.25) is 0 Å². The van der Waals surface area contributed by atoms with Crippen molar-refractivity contribution in [3.8, 4) is 11.5 Å². The van der Waals surface area contributed by atoms with E-state index in [9.17, 15) is 0 Å². The molecule has 0 bridgehead atoms. The van der Waals surface area contributed by atoms with E-state index in [0.29, 0.717) is 6.61 Å². The fourth-order valence-electron chi connectivity index (χ4n) is 2.65. The van der Waals surface area contributed by atoms with Gasteiger partial charge in [0.15, 0.2) is 0 Å². The molecule has 0 saturated heterocycles. The molecule has 22 heavy (non-hydrogen) atoms. The summed E-state index contributed by atoms with van der Waals surface area (Å²) in [5.41, 5.74) is 3.29. The van der Waals surface area contributed by atoms with E-state index in [1.165, 1.54) is 0 Å². The Morgan fingerprint density at radius 2 is 1.82 bits per heavy atom. The van der Waals surface area contributed by atoms with Crippen molar-refractivity contribution in [1.29, 1.82) is 0 Å². The number of methoxy groups -OCH3 is 1. The smallest absolute Gasteiger partial charge is 0.123 e. The van der Waals surface area contributed by atoms with E-state index in [4.69, 9.17) is 9.47 Å². The van der Waals surface area contributed by atoms with E-state index in [1.807, 2.05) is 50.2 Å².